The summed E-state index contributed by atoms with van der Waals surface area (Å²) in [5, 5.41) is 0. The van der Waals surface area contributed by atoms with Gasteiger partial charge in [-0.15, -0.1) is 0 Å². The molecule has 118 valence electrons. The lowest BCUT2D eigenvalue weighted by Gasteiger charge is -2.24. The van der Waals surface area contributed by atoms with E-state index in [4.69, 9.17) is 13.9 Å². The minimum absolute atomic E-state index is 0.148. The summed E-state index contributed by atoms with van der Waals surface area (Å²) in [7, 11) is 0. The highest BCUT2D eigenvalue weighted by atomic mass is 16.6. The number of hydrogen-bond acceptors (Lipinski definition) is 6. The molecule has 0 aliphatic carbocycles. The van der Waals surface area contributed by atoms with Crippen molar-refractivity contribution in [3.8, 4) is 0 Å². The molecule has 21 heavy (non-hydrogen) atoms. The molecule has 0 saturated carbocycles. The first-order chi connectivity index (χ1) is 9.63. The Morgan fingerprint density at radius 2 is 1.90 bits per heavy atom. The third-order valence-corrected chi connectivity index (χ3v) is 2.98. The van der Waals surface area contributed by atoms with Gasteiger partial charge in [-0.1, -0.05) is 20.4 Å². The second-order valence-corrected chi connectivity index (χ2v) is 5.80. The molecule has 0 fully saturated rings. The second kappa shape index (κ2) is 6.65. The number of hydrogen-bond donors (Lipinski definition) is 0. The van der Waals surface area contributed by atoms with Crippen LogP contribution < -0.4 is 5.82 Å². The van der Waals surface area contributed by atoms with Crippen LogP contribution in [0.3, 0.4) is 0 Å². The molecular formula is C15H22O6. The Balaban J connectivity index is 2.55. The zero-order valence-corrected chi connectivity index (χ0v) is 13.1. The predicted octanol–water partition coefficient (Wildman–Crippen LogP) is 2.80. The van der Waals surface area contributed by atoms with Crippen LogP contribution in [0.4, 0.5) is 0 Å². The maximum Gasteiger partial charge on any atom is 0.519 e. The summed E-state index contributed by atoms with van der Waals surface area (Å²) in [4.78, 5) is 22.9. The monoisotopic (exact) mass is 298 g/mol. The highest BCUT2D eigenvalue weighted by Crippen LogP contribution is 2.22. The van der Waals surface area contributed by atoms with Crippen LogP contribution in [0, 0.1) is 18.3 Å². The summed E-state index contributed by atoms with van der Waals surface area (Å²) in [5.41, 5.74) is -0.838. The van der Waals surface area contributed by atoms with E-state index in [1.54, 1.807) is 20.8 Å². The molecule has 6 nitrogen and oxygen atoms in total. The molecule has 0 N–H and O–H groups in total. The predicted molar refractivity (Wildman–Crippen MR) is 75.5 cm³/mol. The molecule has 1 heterocycles. The first kappa shape index (κ1) is 17.1. The van der Waals surface area contributed by atoms with E-state index in [-0.39, 0.29) is 24.9 Å². The Labute approximate surface area is 123 Å². The van der Waals surface area contributed by atoms with Gasteiger partial charge in [0.05, 0.1) is 11.2 Å². The maximum absolute atomic E-state index is 12.1. The van der Waals surface area contributed by atoms with Gasteiger partial charge in [0.1, 0.15) is 6.61 Å². The van der Waals surface area contributed by atoms with Crippen LogP contribution in [-0.2, 0) is 20.9 Å². The number of allylic oxidation sites excluding steroid dienone is 1. The number of carbonyl (C=O) groups excluding carboxylic acids is 1. The van der Waals surface area contributed by atoms with Gasteiger partial charge in [0.15, 0.2) is 18.1 Å². The lowest BCUT2D eigenvalue weighted by molar-refractivity contribution is -0.158. The molecule has 0 spiro atoms. The summed E-state index contributed by atoms with van der Waals surface area (Å²) >= 11 is 0. The van der Waals surface area contributed by atoms with Crippen molar-refractivity contribution < 1.29 is 23.1 Å². The van der Waals surface area contributed by atoms with Gasteiger partial charge < -0.3 is 18.3 Å². The molecule has 6 heteroatoms. The zero-order valence-electron chi connectivity index (χ0n) is 13.1. The molecular weight excluding hydrogens is 276 g/mol. The Bertz CT molecular complexity index is 561. The molecule has 0 amide bonds. The standard InChI is InChI=1S/C15H22O6/c1-9(2)10(3)19-8-15(5,6)13(16)18-7-12-11(4)20-14(17)21-12/h9H,3,7-8H2,1-2,4-6H3. The Hall–Kier alpha value is -1.98. The maximum atomic E-state index is 12.1. The third kappa shape index (κ3) is 4.81. The Morgan fingerprint density at radius 1 is 1.29 bits per heavy atom. The molecule has 0 aromatic carbocycles. The number of esters is 1. The lowest BCUT2D eigenvalue weighted by Crippen LogP contribution is -2.31. The van der Waals surface area contributed by atoms with Crippen molar-refractivity contribution in [1.29, 1.82) is 0 Å². The number of aryl methyl sites for hydroxylation is 1. The Kier molecular flexibility index (Phi) is 5.41. The van der Waals surface area contributed by atoms with E-state index < -0.39 is 17.2 Å². The molecule has 1 aromatic rings. The molecule has 0 aliphatic heterocycles. The average Bonchev–Trinajstić information content (AvgIpc) is 2.71. The zero-order chi connectivity index (χ0) is 16.2. The molecule has 0 unspecified atom stereocenters. The van der Waals surface area contributed by atoms with E-state index in [1.807, 2.05) is 13.8 Å². The van der Waals surface area contributed by atoms with Gasteiger partial charge in [-0.05, 0) is 20.8 Å². The molecule has 0 radical (unpaired) electrons. The molecule has 0 bridgehead atoms. The molecule has 0 atom stereocenters. The van der Waals surface area contributed by atoms with E-state index in [0.717, 1.165) is 0 Å². The summed E-state index contributed by atoms with van der Waals surface area (Å²) in [6, 6.07) is 0. The fourth-order valence-corrected chi connectivity index (χ4v) is 1.33. The fourth-order valence-electron chi connectivity index (χ4n) is 1.33. The highest BCUT2D eigenvalue weighted by Gasteiger charge is 2.31. The molecule has 0 aliphatic rings. The number of rotatable bonds is 7. The summed E-state index contributed by atoms with van der Waals surface area (Å²) in [6.45, 7) is 12.7. The van der Waals surface area contributed by atoms with Crippen LogP contribution in [0.15, 0.2) is 26.0 Å². The van der Waals surface area contributed by atoms with Gasteiger partial charge in [0.25, 0.3) is 0 Å². The molecule has 0 saturated heterocycles. The van der Waals surface area contributed by atoms with E-state index in [0.29, 0.717) is 11.5 Å². The minimum atomic E-state index is -0.838. The summed E-state index contributed by atoms with van der Waals surface area (Å²) in [5.74, 6) is 0.0376. The van der Waals surface area contributed by atoms with Crippen molar-refractivity contribution in [2.45, 2.75) is 41.2 Å². The first-order valence-electron chi connectivity index (χ1n) is 6.71. The van der Waals surface area contributed by atoms with Gasteiger partial charge in [-0.25, -0.2) is 4.79 Å². The van der Waals surface area contributed by atoms with E-state index >= 15 is 0 Å². The quantitative estimate of drug-likeness (QED) is 0.569. The van der Waals surface area contributed by atoms with Gasteiger partial charge in [-0.2, -0.15) is 0 Å². The van der Waals surface area contributed by atoms with Crippen LogP contribution in [0.2, 0.25) is 0 Å². The minimum Gasteiger partial charge on any atom is -0.497 e. The van der Waals surface area contributed by atoms with Crippen molar-refractivity contribution in [3.63, 3.8) is 0 Å². The normalized spacial score (nSPS) is 11.5. The largest absolute Gasteiger partial charge is 0.519 e. The van der Waals surface area contributed by atoms with E-state index in [1.165, 1.54) is 0 Å². The van der Waals surface area contributed by atoms with Gasteiger partial charge >= 0.3 is 11.8 Å². The topological polar surface area (TPSA) is 78.9 Å². The van der Waals surface area contributed by atoms with Crippen molar-refractivity contribution in [1.82, 2.24) is 0 Å². The van der Waals surface area contributed by atoms with Crippen LogP contribution in [0.1, 0.15) is 39.2 Å². The van der Waals surface area contributed by atoms with Gasteiger partial charge in [0, 0.05) is 5.92 Å². The van der Waals surface area contributed by atoms with Crippen molar-refractivity contribution in [3.05, 3.63) is 34.5 Å². The van der Waals surface area contributed by atoms with Crippen molar-refractivity contribution in [2.75, 3.05) is 6.61 Å². The molecule has 1 aromatic heterocycles. The SMILES string of the molecule is C=C(OCC(C)(C)C(=O)OCc1oc(=O)oc1C)C(C)C. The summed E-state index contributed by atoms with van der Waals surface area (Å²) in [6.07, 6.45) is 0. The van der Waals surface area contributed by atoms with E-state index in [2.05, 4.69) is 11.0 Å². The van der Waals surface area contributed by atoms with Crippen molar-refractivity contribution in [2.24, 2.45) is 11.3 Å². The Morgan fingerprint density at radius 3 is 2.38 bits per heavy atom. The second-order valence-electron chi connectivity index (χ2n) is 5.80. The van der Waals surface area contributed by atoms with Crippen LogP contribution in [-0.4, -0.2) is 12.6 Å². The highest BCUT2D eigenvalue weighted by molar-refractivity contribution is 5.76. The first-order valence-corrected chi connectivity index (χ1v) is 6.71. The summed E-state index contributed by atoms with van der Waals surface area (Å²) < 4.78 is 20.1. The van der Waals surface area contributed by atoms with Crippen LogP contribution in [0.5, 0.6) is 0 Å². The average molecular weight is 298 g/mol. The fraction of sp³-hybridized carbons (Fsp3) is 0.600. The number of ether oxygens (including phenoxy) is 2. The van der Waals surface area contributed by atoms with Crippen LogP contribution >= 0.6 is 0 Å². The third-order valence-electron chi connectivity index (χ3n) is 2.98. The van der Waals surface area contributed by atoms with Crippen LogP contribution in [0.25, 0.3) is 0 Å². The number of carbonyl (C=O) groups is 1. The molecule has 1 rings (SSSR count). The van der Waals surface area contributed by atoms with Crippen molar-refractivity contribution >= 4 is 5.97 Å². The lowest BCUT2D eigenvalue weighted by atomic mass is 9.95. The van der Waals surface area contributed by atoms with Gasteiger partial charge in [-0.3, -0.25) is 4.79 Å². The smallest absolute Gasteiger partial charge is 0.497 e. The van der Waals surface area contributed by atoms with E-state index in [9.17, 15) is 9.59 Å². The van der Waals surface area contributed by atoms with Gasteiger partial charge in [0.2, 0.25) is 0 Å².